The molecule has 0 bridgehead atoms. The number of rotatable bonds is 5. The summed E-state index contributed by atoms with van der Waals surface area (Å²) in [4.78, 5) is 10.3. The lowest BCUT2D eigenvalue weighted by Crippen LogP contribution is -2.43. The first kappa shape index (κ1) is 16.7. The van der Waals surface area contributed by atoms with Crippen molar-refractivity contribution in [3.8, 4) is 0 Å². The van der Waals surface area contributed by atoms with Crippen LogP contribution in [0.2, 0.25) is 10.0 Å². The van der Waals surface area contributed by atoms with Gasteiger partial charge >= 0.3 is 5.97 Å². The van der Waals surface area contributed by atoms with Crippen molar-refractivity contribution in [3.63, 3.8) is 0 Å². The SMILES string of the molecule is O=C(O)[C@H](CO)NS(=O)(=O)c1c(Cl)cc(Br)cc1Cl. The van der Waals surface area contributed by atoms with Gasteiger partial charge in [-0.15, -0.1) is 0 Å². The van der Waals surface area contributed by atoms with Crippen LogP contribution in [0.4, 0.5) is 0 Å². The number of halogens is 3. The molecular formula is C9H8BrCl2NO5S. The van der Waals surface area contributed by atoms with Gasteiger partial charge in [0, 0.05) is 4.47 Å². The van der Waals surface area contributed by atoms with E-state index in [9.17, 15) is 13.2 Å². The predicted molar refractivity (Wildman–Crippen MR) is 73.0 cm³/mol. The van der Waals surface area contributed by atoms with Gasteiger partial charge in [-0.2, -0.15) is 4.72 Å². The molecule has 1 aromatic rings. The molecule has 1 rings (SSSR count). The quantitative estimate of drug-likeness (QED) is 0.704. The second kappa shape index (κ2) is 6.38. The summed E-state index contributed by atoms with van der Waals surface area (Å²) in [6.07, 6.45) is 0. The number of hydrogen-bond donors (Lipinski definition) is 3. The first-order valence-corrected chi connectivity index (χ1v) is 7.72. The monoisotopic (exact) mass is 391 g/mol. The lowest BCUT2D eigenvalue weighted by molar-refractivity contribution is -0.139. The van der Waals surface area contributed by atoms with Gasteiger partial charge in [0.2, 0.25) is 10.0 Å². The van der Waals surface area contributed by atoms with Crippen LogP contribution in [0.1, 0.15) is 0 Å². The van der Waals surface area contributed by atoms with Gasteiger partial charge in [-0.05, 0) is 12.1 Å². The van der Waals surface area contributed by atoms with E-state index in [0.717, 1.165) is 0 Å². The van der Waals surface area contributed by atoms with Crippen molar-refractivity contribution in [3.05, 3.63) is 26.7 Å². The molecule has 0 saturated carbocycles. The zero-order valence-electron chi connectivity index (χ0n) is 9.10. The molecule has 0 unspecified atom stereocenters. The number of aliphatic hydroxyl groups is 1. The molecule has 3 N–H and O–H groups in total. The van der Waals surface area contributed by atoms with Crippen molar-refractivity contribution in [2.45, 2.75) is 10.9 Å². The van der Waals surface area contributed by atoms with E-state index in [1.165, 1.54) is 12.1 Å². The summed E-state index contributed by atoms with van der Waals surface area (Å²) in [7, 11) is -4.27. The fourth-order valence-corrected chi connectivity index (χ4v) is 4.31. The van der Waals surface area contributed by atoms with Gasteiger partial charge < -0.3 is 10.2 Å². The molecule has 0 aliphatic carbocycles. The van der Waals surface area contributed by atoms with Gasteiger partial charge in [0.1, 0.15) is 10.9 Å². The average molecular weight is 393 g/mol. The molecule has 0 aliphatic rings. The van der Waals surface area contributed by atoms with Crippen molar-refractivity contribution in [1.82, 2.24) is 4.72 Å². The minimum absolute atomic E-state index is 0.172. The number of sulfonamides is 1. The molecule has 0 spiro atoms. The first-order valence-electron chi connectivity index (χ1n) is 4.69. The van der Waals surface area contributed by atoms with Crippen LogP contribution in [0.25, 0.3) is 0 Å². The number of nitrogens with one attached hydrogen (secondary N) is 1. The summed E-state index contributed by atoms with van der Waals surface area (Å²) in [6.45, 7) is -0.902. The number of carboxylic acid groups (broad SMARTS) is 1. The Hall–Kier alpha value is -0.380. The number of aliphatic hydroxyl groups excluding tert-OH is 1. The van der Waals surface area contributed by atoms with Crippen molar-refractivity contribution in [2.75, 3.05) is 6.61 Å². The van der Waals surface area contributed by atoms with Crippen LogP contribution >= 0.6 is 39.1 Å². The molecule has 0 saturated heterocycles. The third-order valence-corrected chi connectivity index (χ3v) is 4.86. The third-order valence-electron chi connectivity index (χ3n) is 2.01. The molecule has 0 aliphatic heterocycles. The van der Waals surface area contributed by atoms with Gasteiger partial charge in [0.15, 0.2) is 0 Å². The summed E-state index contributed by atoms with van der Waals surface area (Å²) in [5.41, 5.74) is 0. The fourth-order valence-electron chi connectivity index (χ4n) is 1.20. The van der Waals surface area contributed by atoms with Gasteiger partial charge in [-0.1, -0.05) is 39.1 Å². The molecule has 0 fully saturated rings. The maximum atomic E-state index is 12.0. The minimum atomic E-state index is -4.27. The zero-order chi connectivity index (χ0) is 14.8. The average Bonchev–Trinajstić information content (AvgIpc) is 2.23. The Labute approximate surface area is 127 Å². The minimum Gasteiger partial charge on any atom is -0.480 e. The summed E-state index contributed by atoms with van der Waals surface area (Å²) < 4.78 is 26.2. The molecule has 6 nitrogen and oxygen atoms in total. The standard InChI is InChI=1S/C9H8BrCl2NO5S/c10-4-1-5(11)8(6(12)2-4)19(17,18)13-7(3-14)9(15)16/h1-2,7,13-14H,3H2,(H,15,16)/t7-/m0/s1. The van der Waals surface area contributed by atoms with Crippen LogP contribution < -0.4 is 4.72 Å². The lowest BCUT2D eigenvalue weighted by Gasteiger charge is -2.14. The Morgan fingerprint density at radius 2 is 1.84 bits per heavy atom. The molecule has 1 aromatic carbocycles. The van der Waals surface area contributed by atoms with Crippen LogP contribution in [0.5, 0.6) is 0 Å². The molecule has 0 amide bonds. The highest BCUT2D eigenvalue weighted by Gasteiger charge is 2.28. The largest absolute Gasteiger partial charge is 0.480 e. The number of benzene rings is 1. The van der Waals surface area contributed by atoms with E-state index in [2.05, 4.69) is 15.9 Å². The Kier molecular flexibility index (Phi) is 5.60. The Morgan fingerprint density at radius 3 is 2.21 bits per heavy atom. The zero-order valence-corrected chi connectivity index (χ0v) is 13.0. The first-order chi connectivity index (χ1) is 8.69. The molecule has 106 valence electrons. The number of aliphatic carboxylic acids is 1. The Morgan fingerprint density at radius 1 is 1.37 bits per heavy atom. The Bertz CT molecular complexity index is 584. The lowest BCUT2D eigenvalue weighted by atomic mass is 10.3. The highest BCUT2D eigenvalue weighted by atomic mass is 79.9. The second-order valence-electron chi connectivity index (χ2n) is 3.39. The smallest absolute Gasteiger partial charge is 0.324 e. The fraction of sp³-hybridized carbons (Fsp3) is 0.222. The molecule has 0 aromatic heterocycles. The van der Waals surface area contributed by atoms with Crippen molar-refractivity contribution in [2.24, 2.45) is 0 Å². The van der Waals surface area contributed by atoms with E-state index in [1.807, 2.05) is 0 Å². The number of carbonyl (C=O) groups is 1. The van der Waals surface area contributed by atoms with Crippen molar-refractivity contribution in [1.29, 1.82) is 0 Å². The third kappa shape index (κ3) is 4.04. The van der Waals surface area contributed by atoms with Crippen molar-refractivity contribution >= 4 is 55.1 Å². The molecule has 19 heavy (non-hydrogen) atoms. The van der Waals surface area contributed by atoms with E-state index in [0.29, 0.717) is 4.47 Å². The van der Waals surface area contributed by atoms with E-state index in [4.69, 9.17) is 33.4 Å². The van der Waals surface area contributed by atoms with Crippen LogP contribution in [0.15, 0.2) is 21.5 Å². The van der Waals surface area contributed by atoms with Crippen LogP contribution in [0, 0.1) is 0 Å². The normalized spacial score (nSPS) is 13.3. The van der Waals surface area contributed by atoms with E-state index in [1.54, 1.807) is 4.72 Å². The molecule has 10 heteroatoms. The van der Waals surface area contributed by atoms with E-state index >= 15 is 0 Å². The molecular weight excluding hydrogens is 385 g/mol. The van der Waals surface area contributed by atoms with Crippen LogP contribution in [-0.2, 0) is 14.8 Å². The highest BCUT2D eigenvalue weighted by Crippen LogP contribution is 2.32. The van der Waals surface area contributed by atoms with Gasteiger partial charge in [0.25, 0.3) is 0 Å². The molecule has 1 atom stereocenters. The topological polar surface area (TPSA) is 104 Å². The maximum absolute atomic E-state index is 12.0. The van der Waals surface area contributed by atoms with Crippen molar-refractivity contribution < 1.29 is 23.4 Å². The molecule has 0 radical (unpaired) electrons. The van der Waals surface area contributed by atoms with Gasteiger partial charge in [-0.25, -0.2) is 8.42 Å². The summed E-state index contributed by atoms with van der Waals surface area (Å²) in [5, 5.41) is 17.2. The predicted octanol–water partition coefficient (Wildman–Crippen LogP) is 1.48. The Balaban J connectivity index is 3.25. The number of hydrogen-bond acceptors (Lipinski definition) is 4. The summed E-state index contributed by atoms with van der Waals surface area (Å²) >= 11 is 14.6. The second-order valence-corrected chi connectivity index (χ2v) is 6.77. The summed E-state index contributed by atoms with van der Waals surface area (Å²) in [6, 6.07) is 0.925. The summed E-state index contributed by atoms with van der Waals surface area (Å²) in [5.74, 6) is -1.52. The van der Waals surface area contributed by atoms with Crippen LogP contribution in [-0.4, -0.2) is 37.2 Å². The van der Waals surface area contributed by atoms with E-state index < -0.39 is 33.5 Å². The number of carboxylic acids is 1. The van der Waals surface area contributed by atoms with Crippen LogP contribution in [0.3, 0.4) is 0 Å². The maximum Gasteiger partial charge on any atom is 0.324 e. The highest BCUT2D eigenvalue weighted by molar-refractivity contribution is 9.10. The van der Waals surface area contributed by atoms with Gasteiger partial charge in [0.05, 0.1) is 16.7 Å². The van der Waals surface area contributed by atoms with Gasteiger partial charge in [-0.3, -0.25) is 4.79 Å². The van der Waals surface area contributed by atoms with E-state index in [-0.39, 0.29) is 10.0 Å². The molecule has 0 heterocycles.